The van der Waals surface area contributed by atoms with Crippen molar-refractivity contribution in [2.24, 2.45) is 0 Å². The number of hydrogen-bond donors (Lipinski definition) is 1. The first-order chi connectivity index (χ1) is 13.7. The van der Waals surface area contributed by atoms with Gasteiger partial charge in [-0.15, -0.1) is 0 Å². The monoisotopic (exact) mass is 382 g/mol. The molecule has 3 rings (SSSR count). The van der Waals surface area contributed by atoms with Crippen molar-refractivity contribution in [1.82, 2.24) is 20.2 Å². The Bertz CT molecular complexity index is 749. The van der Waals surface area contributed by atoms with Gasteiger partial charge in [-0.2, -0.15) is 0 Å². The van der Waals surface area contributed by atoms with Crippen molar-refractivity contribution >= 4 is 11.8 Å². The molecule has 7 nitrogen and oxygen atoms in total. The summed E-state index contributed by atoms with van der Waals surface area (Å²) in [7, 11) is 0. The average Bonchev–Trinajstić information content (AvgIpc) is 3.25. The maximum absolute atomic E-state index is 12.8. The molecule has 1 saturated heterocycles. The third-order valence-electron chi connectivity index (χ3n) is 4.70. The van der Waals surface area contributed by atoms with Crippen molar-refractivity contribution < 1.29 is 14.3 Å². The zero-order chi connectivity index (χ0) is 19.6. The van der Waals surface area contributed by atoms with Gasteiger partial charge in [0.25, 0.3) is 5.91 Å². The molecule has 0 radical (unpaired) electrons. The Labute approximate surface area is 165 Å². The van der Waals surface area contributed by atoms with E-state index in [-0.39, 0.29) is 30.0 Å². The van der Waals surface area contributed by atoms with E-state index in [1.807, 2.05) is 30.3 Å². The summed E-state index contributed by atoms with van der Waals surface area (Å²) in [5.74, 6) is -0.291. The fourth-order valence-electron chi connectivity index (χ4n) is 3.20. The number of benzene rings is 1. The van der Waals surface area contributed by atoms with E-state index in [0.29, 0.717) is 19.6 Å². The fraction of sp³-hybridized carbons (Fsp3) is 0.429. The second-order valence-corrected chi connectivity index (χ2v) is 6.81. The summed E-state index contributed by atoms with van der Waals surface area (Å²) in [6, 6.07) is 10.0. The topological polar surface area (TPSA) is 84.4 Å². The van der Waals surface area contributed by atoms with E-state index in [9.17, 15) is 9.59 Å². The molecule has 1 aliphatic rings. The van der Waals surface area contributed by atoms with E-state index in [1.54, 1.807) is 4.90 Å². The zero-order valence-electron chi connectivity index (χ0n) is 15.9. The van der Waals surface area contributed by atoms with Crippen molar-refractivity contribution in [3.8, 4) is 0 Å². The highest BCUT2D eigenvalue weighted by atomic mass is 16.5. The molecule has 0 unspecified atom stereocenters. The highest BCUT2D eigenvalue weighted by molar-refractivity contribution is 5.92. The van der Waals surface area contributed by atoms with E-state index in [4.69, 9.17) is 4.74 Å². The molecule has 0 aliphatic carbocycles. The predicted octanol–water partition coefficient (Wildman–Crippen LogP) is 1.85. The molecule has 28 heavy (non-hydrogen) atoms. The molecule has 1 aromatic heterocycles. The normalized spacial score (nSPS) is 15.9. The molecular formula is C21H26N4O3. The summed E-state index contributed by atoms with van der Waals surface area (Å²) in [6.45, 7) is 2.09. The number of carbonyl (C=O) groups excluding carboxylic acids is 2. The van der Waals surface area contributed by atoms with Crippen LogP contribution in [-0.4, -0.2) is 59.0 Å². The van der Waals surface area contributed by atoms with Gasteiger partial charge in [0.15, 0.2) is 0 Å². The van der Waals surface area contributed by atoms with Gasteiger partial charge < -0.3 is 15.0 Å². The predicted molar refractivity (Wildman–Crippen MR) is 105 cm³/mol. The van der Waals surface area contributed by atoms with Gasteiger partial charge in [-0.05, 0) is 24.8 Å². The van der Waals surface area contributed by atoms with Crippen LogP contribution in [0.15, 0.2) is 48.9 Å². The van der Waals surface area contributed by atoms with Crippen LogP contribution in [0.5, 0.6) is 0 Å². The van der Waals surface area contributed by atoms with Crippen LogP contribution in [0.4, 0.5) is 0 Å². The summed E-state index contributed by atoms with van der Waals surface area (Å²) in [6.07, 6.45) is 7.44. The lowest BCUT2D eigenvalue weighted by atomic mass is 10.1. The van der Waals surface area contributed by atoms with Crippen molar-refractivity contribution in [1.29, 1.82) is 0 Å². The Morgan fingerprint density at radius 3 is 2.79 bits per heavy atom. The molecule has 1 aromatic carbocycles. The van der Waals surface area contributed by atoms with Crippen LogP contribution in [0.1, 0.15) is 35.3 Å². The number of carbonyl (C=O) groups is 2. The number of nitrogens with one attached hydrogen (secondary N) is 1. The quantitative estimate of drug-likeness (QED) is 0.715. The van der Waals surface area contributed by atoms with Crippen LogP contribution in [-0.2, 0) is 16.0 Å². The van der Waals surface area contributed by atoms with Crippen molar-refractivity contribution in [3.63, 3.8) is 0 Å². The Morgan fingerprint density at radius 1 is 1.21 bits per heavy atom. The second kappa shape index (κ2) is 10.5. The Kier molecular flexibility index (Phi) is 7.49. The maximum atomic E-state index is 12.8. The minimum absolute atomic E-state index is 0.0155. The van der Waals surface area contributed by atoms with Gasteiger partial charge in [0.05, 0.1) is 12.3 Å². The molecular weight excluding hydrogens is 356 g/mol. The lowest BCUT2D eigenvalue weighted by Crippen LogP contribution is -2.40. The molecule has 2 amide bonds. The van der Waals surface area contributed by atoms with E-state index in [0.717, 1.165) is 25.9 Å². The van der Waals surface area contributed by atoms with Gasteiger partial charge >= 0.3 is 0 Å². The van der Waals surface area contributed by atoms with Gasteiger partial charge in [-0.25, -0.2) is 4.98 Å². The number of hydrogen-bond acceptors (Lipinski definition) is 5. The molecule has 0 spiro atoms. The summed E-state index contributed by atoms with van der Waals surface area (Å²) >= 11 is 0. The van der Waals surface area contributed by atoms with E-state index in [1.165, 1.54) is 24.2 Å². The molecule has 1 aliphatic heterocycles. The van der Waals surface area contributed by atoms with Crippen LogP contribution in [0.25, 0.3) is 0 Å². The number of amides is 2. The molecule has 148 valence electrons. The van der Waals surface area contributed by atoms with E-state index in [2.05, 4.69) is 15.3 Å². The third-order valence-corrected chi connectivity index (χ3v) is 4.70. The van der Waals surface area contributed by atoms with Crippen LogP contribution >= 0.6 is 0 Å². The summed E-state index contributed by atoms with van der Waals surface area (Å²) < 4.78 is 5.66. The SMILES string of the molecule is O=C(CCN(C[C@@H]1CCCO1)C(=O)c1cnccn1)NCCc1ccccc1. The van der Waals surface area contributed by atoms with Crippen LogP contribution < -0.4 is 5.32 Å². The molecule has 0 bridgehead atoms. The molecule has 1 atom stereocenters. The molecule has 2 aromatic rings. The first-order valence-electron chi connectivity index (χ1n) is 9.70. The fourth-order valence-corrected chi connectivity index (χ4v) is 3.20. The largest absolute Gasteiger partial charge is 0.376 e. The third kappa shape index (κ3) is 6.13. The average molecular weight is 382 g/mol. The van der Waals surface area contributed by atoms with E-state index < -0.39 is 0 Å². The second-order valence-electron chi connectivity index (χ2n) is 6.81. The number of rotatable bonds is 9. The minimum Gasteiger partial charge on any atom is -0.376 e. The highest BCUT2D eigenvalue weighted by Crippen LogP contribution is 2.15. The van der Waals surface area contributed by atoms with Crippen molar-refractivity contribution in [2.75, 3.05) is 26.2 Å². The molecule has 1 N–H and O–H groups in total. The van der Waals surface area contributed by atoms with Crippen LogP contribution in [0.3, 0.4) is 0 Å². The van der Waals surface area contributed by atoms with Crippen molar-refractivity contribution in [2.45, 2.75) is 31.8 Å². The number of ether oxygens (including phenoxy) is 1. The number of nitrogens with zero attached hydrogens (tertiary/aromatic N) is 3. The van der Waals surface area contributed by atoms with Crippen LogP contribution in [0.2, 0.25) is 0 Å². The molecule has 1 fully saturated rings. The standard InChI is InChI=1S/C21H26N4O3/c26-20(24-10-8-17-5-2-1-3-6-17)9-13-25(16-18-7-4-14-28-18)21(27)19-15-22-11-12-23-19/h1-3,5-6,11-12,15,18H,4,7-10,13-14,16H2,(H,24,26)/t18-/m0/s1. The summed E-state index contributed by atoms with van der Waals surface area (Å²) in [5, 5.41) is 2.92. The number of aromatic nitrogens is 2. The summed E-state index contributed by atoms with van der Waals surface area (Å²) in [5.41, 5.74) is 1.46. The summed E-state index contributed by atoms with van der Waals surface area (Å²) in [4.78, 5) is 34.7. The highest BCUT2D eigenvalue weighted by Gasteiger charge is 2.24. The molecule has 0 saturated carbocycles. The Balaban J connectivity index is 1.50. The van der Waals surface area contributed by atoms with Gasteiger partial charge in [0, 0.05) is 45.1 Å². The lowest BCUT2D eigenvalue weighted by molar-refractivity contribution is -0.121. The maximum Gasteiger partial charge on any atom is 0.274 e. The van der Waals surface area contributed by atoms with Gasteiger partial charge in [-0.3, -0.25) is 14.6 Å². The van der Waals surface area contributed by atoms with Gasteiger partial charge in [0.2, 0.25) is 5.91 Å². The van der Waals surface area contributed by atoms with Crippen LogP contribution in [0, 0.1) is 0 Å². The minimum atomic E-state index is -0.222. The van der Waals surface area contributed by atoms with E-state index >= 15 is 0 Å². The lowest BCUT2D eigenvalue weighted by Gasteiger charge is -2.25. The Hall–Kier alpha value is -2.80. The first kappa shape index (κ1) is 19.9. The first-order valence-corrected chi connectivity index (χ1v) is 9.70. The van der Waals surface area contributed by atoms with Gasteiger partial charge in [-0.1, -0.05) is 30.3 Å². The smallest absolute Gasteiger partial charge is 0.274 e. The Morgan fingerprint density at radius 2 is 2.07 bits per heavy atom. The molecule has 7 heteroatoms. The van der Waals surface area contributed by atoms with Gasteiger partial charge in [0.1, 0.15) is 5.69 Å². The zero-order valence-corrected chi connectivity index (χ0v) is 15.9. The van der Waals surface area contributed by atoms with Crippen molar-refractivity contribution in [3.05, 3.63) is 60.2 Å². The molecule has 2 heterocycles.